The molecule has 0 saturated heterocycles. The first-order valence-electron chi connectivity index (χ1n) is 10.9. The molecule has 166 valence electrons. The lowest BCUT2D eigenvalue weighted by Gasteiger charge is -2.34. The van der Waals surface area contributed by atoms with E-state index in [2.05, 4.69) is 5.32 Å². The number of carbonyl (C=O) groups is 1. The molecule has 5 rings (SSSR count). The molecular weight excluding hydrogens is 438 g/mol. The number of hydrogen-bond acceptors (Lipinski definition) is 5. The molecule has 7 heteroatoms. The third-order valence-electron chi connectivity index (χ3n) is 6.55. The quantitative estimate of drug-likeness (QED) is 0.355. The van der Waals surface area contributed by atoms with Crippen LogP contribution in [-0.4, -0.2) is 16.4 Å². The van der Waals surface area contributed by atoms with Crippen LogP contribution in [0.5, 0.6) is 0 Å². The fourth-order valence-corrected chi connectivity index (χ4v) is 4.99. The molecule has 6 nitrogen and oxygen atoms in total. The van der Waals surface area contributed by atoms with Crippen molar-refractivity contribution in [1.82, 2.24) is 0 Å². The van der Waals surface area contributed by atoms with Crippen molar-refractivity contribution in [1.29, 1.82) is 0 Å². The van der Waals surface area contributed by atoms with Crippen LogP contribution in [0.1, 0.15) is 41.5 Å². The van der Waals surface area contributed by atoms with Crippen molar-refractivity contribution < 1.29 is 9.72 Å². The zero-order valence-electron chi connectivity index (χ0n) is 18.0. The van der Waals surface area contributed by atoms with Crippen LogP contribution in [-0.2, 0) is 4.79 Å². The van der Waals surface area contributed by atoms with Gasteiger partial charge in [0.05, 0.1) is 28.3 Å². The Labute approximate surface area is 196 Å². The predicted octanol–water partition coefficient (Wildman–Crippen LogP) is 6.56. The minimum Gasteiger partial charge on any atom is -0.375 e. The number of carbonyl (C=O) groups excluding carboxylic acids is 1. The van der Waals surface area contributed by atoms with E-state index in [-0.39, 0.29) is 22.3 Å². The Kier molecular flexibility index (Phi) is 5.46. The van der Waals surface area contributed by atoms with E-state index in [0.29, 0.717) is 29.0 Å². The fourth-order valence-electron chi connectivity index (χ4n) is 4.86. The van der Waals surface area contributed by atoms with Crippen LogP contribution in [0.2, 0.25) is 5.02 Å². The first-order valence-corrected chi connectivity index (χ1v) is 11.2. The topological polar surface area (TPSA) is 84.6 Å². The monoisotopic (exact) mass is 459 g/mol. The summed E-state index contributed by atoms with van der Waals surface area (Å²) in [4.78, 5) is 29.7. The summed E-state index contributed by atoms with van der Waals surface area (Å²) < 4.78 is 0. The first kappa shape index (κ1) is 21.3. The number of ketones is 1. The van der Waals surface area contributed by atoms with Gasteiger partial charge in [0.1, 0.15) is 5.78 Å². The average Bonchev–Trinajstić information content (AvgIpc) is 2.96. The van der Waals surface area contributed by atoms with Gasteiger partial charge in [0.2, 0.25) is 0 Å². The molecular formula is C26H22ClN3O3. The molecule has 33 heavy (non-hydrogen) atoms. The number of benzene rings is 3. The third kappa shape index (κ3) is 4.02. The summed E-state index contributed by atoms with van der Waals surface area (Å²) in [6, 6.07) is 20.0. The van der Waals surface area contributed by atoms with Crippen molar-refractivity contribution in [2.24, 2.45) is 10.9 Å². The summed E-state index contributed by atoms with van der Waals surface area (Å²) in [5, 5.41) is 15.7. The number of nitrogens with one attached hydrogen (secondary N) is 1. The van der Waals surface area contributed by atoms with E-state index in [1.807, 2.05) is 54.6 Å². The van der Waals surface area contributed by atoms with Gasteiger partial charge in [-0.1, -0.05) is 48.0 Å². The third-order valence-corrected chi connectivity index (χ3v) is 6.80. The highest BCUT2D eigenvalue weighted by Crippen LogP contribution is 2.44. The lowest BCUT2D eigenvalue weighted by atomic mass is 9.72. The van der Waals surface area contributed by atoms with Crippen LogP contribution in [0.4, 0.5) is 17.1 Å². The maximum atomic E-state index is 13.6. The molecule has 1 saturated carbocycles. The second-order valence-corrected chi connectivity index (χ2v) is 9.08. The lowest BCUT2D eigenvalue weighted by molar-refractivity contribution is -0.385. The van der Waals surface area contributed by atoms with E-state index < -0.39 is 12.0 Å². The van der Waals surface area contributed by atoms with Crippen LogP contribution in [0.25, 0.3) is 0 Å². The molecule has 1 aliphatic heterocycles. The highest BCUT2D eigenvalue weighted by Gasteiger charge is 2.42. The minimum atomic E-state index is -0.497. The van der Waals surface area contributed by atoms with Gasteiger partial charge in [0.15, 0.2) is 0 Å². The Morgan fingerprint density at radius 1 is 1.03 bits per heavy atom. The zero-order chi connectivity index (χ0) is 23.1. The molecule has 3 unspecified atom stereocenters. The maximum absolute atomic E-state index is 13.6. The summed E-state index contributed by atoms with van der Waals surface area (Å²) in [5.74, 6) is -0.403. The number of fused-ring (bicyclic) bond motifs is 2. The van der Waals surface area contributed by atoms with Crippen molar-refractivity contribution in [2.75, 3.05) is 5.32 Å². The van der Waals surface area contributed by atoms with Gasteiger partial charge in [-0.2, -0.15) is 0 Å². The molecule has 1 N–H and O–H groups in total. The molecule has 2 aliphatic rings. The number of para-hydroxylation sites is 2. The largest absolute Gasteiger partial charge is 0.375 e. The summed E-state index contributed by atoms with van der Waals surface area (Å²) >= 11 is 6.05. The molecule has 0 amide bonds. The Hall–Kier alpha value is -3.51. The number of rotatable bonds is 3. The van der Waals surface area contributed by atoms with Gasteiger partial charge >= 0.3 is 0 Å². The summed E-state index contributed by atoms with van der Waals surface area (Å²) in [7, 11) is 0. The number of nitro groups is 1. The number of aliphatic imine (C=N–C) groups is 1. The molecule has 1 aliphatic carbocycles. The number of Topliss-reactive ketones (excluding diaryl/α,β-unsaturated/α-hetero) is 1. The van der Waals surface area contributed by atoms with Crippen molar-refractivity contribution >= 4 is 40.2 Å². The molecule has 3 aromatic carbocycles. The molecule has 1 heterocycles. The van der Waals surface area contributed by atoms with Gasteiger partial charge in [0.25, 0.3) is 5.69 Å². The molecule has 0 radical (unpaired) electrons. The number of anilines is 1. The molecule has 3 atom stereocenters. The van der Waals surface area contributed by atoms with Crippen LogP contribution in [0.15, 0.2) is 71.7 Å². The van der Waals surface area contributed by atoms with Crippen molar-refractivity contribution in [3.63, 3.8) is 0 Å². The Morgan fingerprint density at radius 2 is 1.76 bits per heavy atom. The Balaban J connectivity index is 1.60. The van der Waals surface area contributed by atoms with Crippen LogP contribution in [0.3, 0.4) is 0 Å². The maximum Gasteiger partial charge on any atom is 0.272 e. The number of aryl methyl sites for hydroxylation is 1. The van der Waals surface area contributed by atoms with E-state index in [1.165, 1.54) is 0 Å². The van der Waals surface area contributed by atoms with Gasteiger partial charge in [0, 0.05) is 28.8 Å². The second-order valence-electron chi connectivity index (χ2n) is 8.65. The Bertz CT molecular complexity index is 1290. The van der Waals surface area contributed by atoms with Crippen molar-refractivity contribution in [3.05, 3.63) is 98.6 Å². The second kappa shape index (κ2) is 8.45. The van der Waals surface area contributed by atoms with Crippen molar-refractivity contribution in [2.45, 2.75) is 31.7 Å². The van der Waals surface area contributed by atoms with Gasteiger partial charge in [-0.15, -0.1) is 0 Å². The highest BCUT2D eigenvalue weighted by atomic mass is 35.5. The number of nitro benzene ring substituents is 1. The van der Waals surface area contributed by atoms with Gasteiger partial charge in [-0.25, -0.2) is 0 Å². The predicted molar refractivity (Wildman–Crippen MR) is 130 cm³/mol. The number of nitrogens with zero attached hydrogens (tertiary/aromatic N) is 2. The SMILES string of the molecule is Cc1ccc(C2Nc3ccccc3N=C3CC(c4ccc(Cl)cc4)CC(=O)C32)cc1[N+](=O)[O-]. The minimum absolute atomic E-state index is 0.0167. The van der Waals surface area contributed by atoms with E-state index in [4.69, 9.17) is 16.6 Å². The fraction of sp³-hybridized carbons (Fsp3) is 0.231. The molecule has 1 fully saturated rings. The summed E-state index contributed by atoms with van der Waals surface area (Å²) in [6.45, 7) is 1.72. The summed E-state index contributed by atoms with van der Waals surface area (Å²) in [6.07, 6.45) is 1.02. The first-order chi connectivity index (χ1) is 15.9. The molecule has 0 aromatic heterocycles. The molecule has 0 bridgehead atoms. The van der Waals surface area contributed by atoms with Crippen LogP contribution in [0, 0.1) is 23.0 Å². The van der Waals surface area contributed by atoms with Gasteiger partial charge in [-0.3, -0.25) is 19.9 Å². The summed E-state index contributed by atoms with van der Waals surface area (Å²) in [5.41, 5.74) is 4.78. The van der Waals surface area contributed by atoms with E-state index in [9.17, 15) is 14.9 Å². The van der Waals surface area contributed by atoms with E-state index in [0.717, 1.165) is 22.6 Å². The van der Waals surface area contributed by atoms with Crippen LogP contribution >= 0.6 is 11.6 Å². The standard InChI is InChI=1S/C26H22ClN3O3/c1-15-6-7-17(13-23(15)30(32)33)26-25-22(28-20-4-2-3-5-21(20)29-26)12-18(14-24(25)31)16-8-10-19(27)11-9-16/h2-11,13,18,25-26,29H,12,14H2,1H3. The van der Waals surface area contributed by atoms with Crippen molar-refractivity contribution in [3.8, 4) is 0 Å². The lowest BCUT2D eigenvalue weighted by Crippen LogP contribution is -2.38. The van der Waals surface area contributed by atoms with E-state index in [1.54, 1.807) is 19.1 Å². The molecule has 3 aromatic rings. The number of halogens is 1. The highest BCUT2D eigenvalue weighted by molar-refractivity contribution is 6.30. The normalized spacial score (nSPS) is 21.8. The smallest absolute Gasteiger partial charge is 0.272 e. The van der Waals surface area contributed by atoms with Gasteiger partial charge in [-0.05, 0) is 54.7 Å². The zero-order valence-corrected chi connectivity index (χ0v) is 18.8. The number of hydrogen-bond donors (Lipinski definition) is 1. The Morgan fingerprint density at radius 3 is 2.52 bits per heavy atom. The van der Waals surface area contributed by atoms with Gasteiger partial charge < -0.3 is 5.32 Å². The molecule has 0 spiro atoms. The van der Waals surface area contributed by atoms with E-state index >= 15 is 0 Å². The van der Waals surface area contributed by atoms with Crippen LogP contribution < -0.4 is 5.32 Å². The average molecular weight is 460 g/mol.